The number of imide groups is 1. The first-order valence-electron chi connectivity index (χ1n) is 31.6. The van der Waals surface area contributed by atoms with Crippen molar-refractivity contribution in [2.75, 3.05) is 39.3 Å². The number of ether oxygens (including phenoxy) is 3. The molecular weight excluding hydrogens is 1210 g/mol. The lowest BCUT2D eigenvalue weighted by Crippen LogP contribution is -2.54. The number of alkyl carbamates (subject to hydrolysis) is 2. The molecule has 4 aliphatic rings. The number of carbonyl (C=O) groups is 9. The molecule has 4 atom stereocenters. The molecule has 0 radical (unpaired) electrons. The maximum Gasteiger partial charge on any atom is 0.414 e. The normalized spacial score (nSPS) is 16.3. The predicted molar refractivity (Wildman–Crippen MR) is 342 cm³/mol. The number of nitrogens with two attached hydrogens (primary N) is 1. The average Bonchev–Trinajstić information content (AvgIpc) is 1.46. The highest BCUT2D eigenvalue weighted by Gasteiger charge is 2.46. The number of nitrogens with zero attached hydrogens (tertiary/aromatic N) is 3. The van der Waals surface area contributed by atoms with Crippen LogP contribution in [0.2, 0.25) is 0 Å². The highest BCUT2D eigenvalue weighted by atomic mass is 19.1. The van der Waals surface area contributed by atoms with Crippen LogP contribution in [-0.4, -0.2) is 130 Å². The van der Waals surface area contributed by atoms with Crippen LogP contribution >= 0.6 is 0 Å². The van der Waals surface area contributed by atoms with E-state index in [4.69, 9.17) is 24.9 Å². The van der Waals surface area contributed by atoms with Crippen LogP contribution < -0.4 is 43.2 Å². The van der Waals surface area contributed by atoms with Crippen molar-refractivity contribution < 1.29 is 66.9 Å². The molecule has 0 unspecified atom stereocenters. The molecule has 94 heavy (non-hydrogen) atoms. The zero-order valence-electron chi connectivity index (χ0n) is 53.0. The van der Waals surface area contributed by atoms with Gasteiger partial charge in [-0.05, 0) is 130 Å². The largest absolute Gasteiger partial charge is 0.458 e. The minimum atomic E-state index is -2.10. The van der Waals surface area contributed by atoms with Gasteiger partial charge in [0.05, 0.1) is 48.1 Å². The predicted octanol–water partition coefficient (Wildman–Crippen LogP) is 5.29. The van der Waals surface area contributed by atoms with Crippen LogP contribution in [-0.2, 0) is 79.4 Å². The van der Waals surface area contributed by atoms with Crippen molar-refractivity contribution in [2.45, 2.75) is 141 Å². The third kappa shape index (κ3) is 14.6. The molecule has 2 aliphatic carbocycles. The van der Waals surface area contributed by atoms with Gasteiger partial charge in [-0.1, -0.05) is 85.8 Å². The fourth-order valence-corrected chi connectivity index (χ4v) is 12.9. The number of carbonyl (C=O) groups excluding carboxylic acids is 9. The Morgan fingerprint density at radius 2 is 1.52 bits per heavy atom. The maximum absolute atomic E-state index is 15.7. The summed E-state index contributed by atoms with van der Waals surface area (Å²) in [6.07, 6.45) is -0.497. The van der Waals surface area contributed by atoms with E-state index in [0.29, 0.717) is 76.8 Å². The molecule has 10 rings (SSSR count). The molecule has 24 nitrogen and oxygen atoms in total. The van der Waals surface area contributed by atoms with Crippen LogP contribution in [0.15, 0.2) is 95.8 Å². The number of nitrogens with one attached hydrogen (secondary N) is 6. The number of fused-ring (bicyclic) bond motifs is 8. The SMILES string of the molecule is CC[C@@]1(O)C(=O)OCc2c1cc1n(c2=O)Cc2c-1nc1cc(F)c(C)c3c1c2[C@@H](NC(=O)CCCN(CC(=O)NC(=O)OC(C)(C)C)C(=O)[C@H](Cc1ccccc1)NC(=O)CNC(=O)CNC(=O)[C@H](CCCCN)NC(=O)OCC1c2ccccc2-c2ccccc21)CC3. The van der Waals surface area contributed by atoms with Crippen LogP contribution in [0.3, 0.4) is 0 Å². The number of amides is 8. The van der Waals surface area contributed by atoms with Gasteiger partial charge in [-0.25, -0.2) is 23.8 Å². The van der Waals surface area contributed by atoms with Gasteiger partial charge in [-0.15, -0.1) is 0 Å². The number of benzene rings is 4. The minimum absolute atomic E-state index is 0.00467. The lowest BCUT2D eigenvalue weighted by molar-refractivity contribution is -0.172. The lowest BCUT2D eigenvalue weighted by atomic mass is 9.81. The number of rotatable bonds is 24. The summed E-state index contributed by atoms with van der Waals surface area (Å²) in [5.74, 6) is -6.11. The van der Waals surface area contributed by atoms with E-state index in [0.717, 1.165) is 27.2 Å². The third-order valence-electron chi connectivity index (χ3n) is 17.5. The summed E-state index contributed by atoms with van der Waals surface area (Å²) < 4.78 is 33.4. The fraction of sp³-hybridized carbons (Fsp3) is 0.406. The molecule has 8 amide bonds. The van der Waals surface area contributed by atoms with E-state index in [1.54, 1.807) is 71.0 Å². The highest BCUT2D eigenvalue weighted by Crippen LogP contribution is 2.47. The molecule has 6 aromatic rings. The maximum atomic E-state index is 15.7. The summed E-state index contributed by atoms with van der Waals surface area (Å²) in [7, 11) is 0. The number of aromatic nitrogens is 2. The van der Waals surface area contributed by atoms with Gasteiger partial charge in [0.2, 0.25) is 35.4 Å². The lowest BCUT2D eigenvalue weighted by Gasteiger charge is -2.31. The van der Waals surface area contributed by atoms with E-state index < -0.39 is 114 Å². The molecule has 0 bridgehead atoms. The molecule has 0 fully saturated rings. The number of unbranched alkanes of at least 4 members (excludes halogenated alkanes) is 1. The van der Waals surface area contributed by atoms with Crippen molar-refractivity contribution >= 4 is 64.5 Å². The zero-order valence-corrected chi connectivity index (χ0v) is 53.0. The summed E-state index contributed by atoms with van der Waals surface area (Å²) in [6, 6.07) is 24.0. The summed E-state index contributed by atoms with van der Waals surface area (Å²) >= 11 is 0. The number of aliphatic hydroxyl groups is 1. The van der Waals surface area contributed by atoms with Crippen LogP contribution in [0, 0.1) is 12.7 Å². The van der Waals surface area contributed by atoms with Crippen molar-refractivity contribution in [1.29, 1.82) is 0 Å². The number of pyridine rings is 2. The van der Waals surface area contributed by atoms with E-state index in [1.807, 2.05) is 48.5 Å². The first-order chi connectivity index (χ1) is 45.0. The summed E-state index contributed by atoms with van der Waals surface area (Å²) in [4.78, 5) is 143. The summed E-state index contributed by atoms with van der Waals surface area (Å²) in [6.45, 7) is 5.81. The van der Waals surface area contributed by atoms with Crippen molar-refractivity contribution in [3.8, 4) is 22.5 Å². The van der Waals surface area contributed by atoms with E-state index in [2.05, 4.69) is 31.9 Å². The van der Waals surface area contributed by atoms with Crippen molar-refractivity contribution in [2.24, 2.45) is 5.73 Å². The fourth-order valence-electron chi connectivity index (χ4n) is 12.9. The number of cyclic esters (lactones) is 1. The van der Waals surface area contributed by atoms with Gasteiger partial charge in [0.1, 0.15) is 43.3 Å². The minimum Gasteiger partial charge on any atom is -0.458 e. The van der Waals surface area contributed by atoms with E-state index in [1.165, 1.54) is 10.6 Å². The van der Waals surface area contributed by atoms with Gasteiger partial charge >= 0.3 is 18.2 Å². The molecule has 0 spiro atoms. The Labute approximate surface area is 541 Å². The van der Waals surface area contributed by atoms with Gasteiger partial charge in [-0.3, -0.25) is 38.9 Å². The molecule has 2 aliphatic heterocycles. The Bertz CT molecular complexity index is 4010. The van der Waals surface area contributed by atoms with Gasteiger partial charge in [0.25, 0.3) is 5.56 Å². The molecular formula is C69H77FN10O14. The Morgan fingerprint density at radius 1 is 0.830 bits per heavy atom. The molecule has 4 heterocycles. The molecule has 2 aromatic heterocycles. The number of halogens is 1. The molecule has 0 saturated carbocycles. The van der Waals surface area contributed by atoms with Crippen molar-refractivity contribution in [3.05, 3.63) is 157 Å². The van der Waals surface area contributed by atoms with Crippen molar-refractivity contribution in [1.82, 2.24) is 46.4 Å². The third-order valence-corrected chi connectivity index (χ3v) is 17.5. The summed E-state index contributed by atoms with van der Waals surface area (Å²) in [5.41, 5.74) is 10.3. The van der Waals surface area contributed by atoms with Gasteiger partial charge in [-0.2, -0.15) is 0 Å². The smallest absolute Gasteiger partial charge is 0.414 e. The first kappa shape index (κ1) is 67.0. The van der Waals surface area contributed by atoms with Crippen molar-refractivity contribution in [3.63, 3.8) is 0 Å². The van der Waals surface area contributed by atoms with E-state index in [9.17, 15) is 53.1 Å². The number of hydrogen-bond acceptors (Lipinski definition) is 16. The Hall–Kier alpha value is -9.88. The monoisotopic (exact) mass is 1290 g/mol. The Balaban J connectivity index is 0.804. The molecule has 4 aromatic carbocycles. The second-order valence-electron chi connectivity index (χ2n) is 25.0. The highest BCUT2D eigenvalue weighted by molar-refractivity contribution is 5.98. The zero-order chi connectivity index (χ0) is 67.2. The van der Waals surface area contributed by atoms with Gasteiger partial charge < -0.3 is 61.1 Å². The second kappa shape index (κ2) is 28.5. The topological polar surface area (TPSA) is 338 Å². The molecule has 25 heteroatoms. The van der Waals surface area contributed by atoms with E-state index >= 15 is 4.39 Å². The molecule has 494 valence electrons. The second-order valence-corrected chi connectivity index (χ2v) is 25.0. The van der Waals surface area contributed by atoms with Crippen LogP contribution in [0.25, 0.3) is 33.4 Å². The quantitative estimate of drug-likeness (QED) is 0.0217. The van der Waals surface area contributed by atoms with Crippen LogP contribution in [0.1, 0.15) is 135 Å². The number of hydrogen-bond donors (Lipinski definition) is 8. The Morgan fingerprint density at radius 3 is 2.21 bits per heavy atom. The number of aryl methyl sites for hydroxylation is 1. The van der Waals surface area contributed by atoms with Gasteiger partial charge in [0, 0.05) is 47.9 Å². The number of esters is 1. The average molecular weight is 1290 g/mol. The Kier molecular flexibility index (Phi) is 20.4. The molecule has 0 saturated heterocycles. The van der Waals surface area contributed by atoms with Gasteiger partial charge in [0.15, 0.2) is 5.60 Å². The van der Waals surface area contributed by atoms with Crippen LogP contribution in [0.5, 0.6) is 0 Å². The first-order valence-corrected chi connectivity index (χ1v) is 31.6. The summed E-state index contributed by atoms with van der Waals surface area (Å²) in [5, 5.41) is 27.7. The standard InChI is InChI=1S/C69H77FN10O14/c1-6-69(91)48-30-54-61-45(34-80(54)63(86)47(48)37-92-65(69)88)60-50(26-25-40-38(2)49(70)31-52(76-61)59(40)60)74-55(81)24-16-28-79(35-58(84)78-67(90)94-68(3,4)5)64(87)53(29-39-17-8-7-9-18-39)75-57(83)33-72-56(82)32-73-62(85)51(23-14-15-27-71)77-66(89)93-36-46-43-21-12-10-19-41(43)42-20-11-13-22-44(42)46/h7-13,17-22,30-31,46,50-51,53,91H,6,14-16,23-29,32-37,71H2,1-5H3,(H,72,82)(H,73,85)(H,74,81)(H,75,83)(H,77,89)(H,78,84,90)/t50-,51-,53-,69-/m0/s1. The van der Waals surface area contributed by atoms with E-state index in [-0.39, 0.29) is 81.0 Å². The molecule has 9 N–H and O–H groups in total. The van der Waals surface area contributed by atoms with Crippen LogP contribution in [0.4, 0.5) is 14.0 Å².